The van der Waals surface area contributed by atoms with Gasteiger partial charge in [0.25, 0.3) is 5.91 Å². The number of nitrogens with one attached hydrogen (secondary N) is 2. The predicted octanol–water partition coefficient (Wildman–Crippen LogP) is 3.37. The summed E-state index contributed by atoms with van der Waals surface area (Å²) < 4.78 is 5.37. The minimum Gasteiger partial charge on any atom is -0.378 e. The van der Waals surface area contributed by atoms with Crippen LogP contribution in [0.3, 0.4) is 0 Å². The molecule has 1 fully saturated rings. The normalized spacial score (nSPS) is 14.0. The predicted molar refractivity (Wildman–Crippen MR) is 107 cm³/mol. The Morgan fingerprint density at radius 1 is 1.04 bits per heavy atom. The van der Waals surface area contributed by atoms with E-state index in [1.165, 1.54) is 11.3 Å². The van der Waals surface area contributed by atoms with E-state index < -0.39 is 0 Å². The van der Waals surface area contributed by atoms with Crippen molar-refractivity contribution in [1.29, 1.82) is 0 Å². The highest BCUT2D eigenvalue weighted by molar-refractivity contribution is 7.17. The van der Waals surface area contributed by atoms with Crippen molar-refractivity contribution < 1.29 is 9.53 Å². The number of carbonyl (C=O) groups excluding carboxylic acids is 1. The number of rotatable bonds is 5. The number of ether oxygens (including phenoxy) is 1. The number of hydrogen-bond acceptors (Lipinski definition) is 7. The Morgan fingerprint density at radius 3 is 2.52 bits per heavy atom. The molecule has 0 saturated carbocycles. The van der Waals surface area contributed by atoms with Gasteiger partial charge in [-0.05, 0) is 36.4 Å². The SMILES string of the molecule is O=C(Nc1ccc(N2CCOCC2)cc1)c1cnc(Nc2ccncc2)s1. The molecule has 4 rings (SSSR count). The molecular formula is C19H19N5O2S. The quantitative estimate of drug-likeness (QED) is 0.705. The van der Waals surface area contributed by atoms with Crippen LogP contribution in [0, 0.1) is 0 Å². The van der Waals surface area contributed by atoms with E-state index in [1.807, 2.05) is 36.4 Å². The molecule has 0 spiro atoms. The lowest BCUT2D eigenvalue weighted by atomic mass is 10.2. The van der Waals surface area contributed by atoms with Gasteiger partial charge in [-0.1, -0.05) is 11.3 Å². The van der Waals surface area contributed by atoms with Gasteiger partial charge in [-0.15, -0.1) is 0 Å². The van der Waals surface area contributed by atoms with Crippen LogP contribution in [0.5, 0.6) is 0 Å². The highest BCUT2D eigenvalue weighted by atomic mass is 32.1. The lowest BCUT2D eigenvalue weighted by Crippen LogP contribution is -2.36. The Balaban J connectivity index is 1.37. The van der Waals surface area contributed by atoms with Gasteiger partial charge in [0.2, 0.25) is 0 Å². The summed E-state index contributed by atoms with van der Waals surface area (Å²) in [5.41, 5.74) is 2.77. The van der Waals surface area contributed by atoms with Gasteiger partial charge in [-0.3, -0.25) is 9.78 Å². The summed E-state index contributed by atoms with van der Waals surface area (Å²) in [6, 6.07) is 11.6. The number of thiazole rings is 1. The summed E-state index contributed by atoms with van der Waals surface area (Å²) in [4.78, 5) is 23.5. The molecule has 1 amide bonds. The first-order valence-corrected chi connectivity index (χ1v) is 9.46. The summed E-state index contributed by atoms with van der Waals surface area (Å²) in [6.45, 7) is 3.28. The van der Waals surface area contributed by atoms with Crippen LogP contribution in [0.1, 0.15) is 9.67 Å². The number of morpholine rings is 1. The molecular weight excluding hydrogens is 362 g/mol. The van der Waals surface area contributed by atoms with E-state index >= 15 is 0 Å². The Kier molecular flexibility index (Phi) is 5.27. The van der Waals surface area contributed by atoms with Crippen molar-refractivity contribution >= 4 is 39.4 Å². The van der Waals surface area contributed by atoms with Crippen LogP contribution in [-0.2, 0) is 4.74 Å². The Hall–Kier alpha value is -2.97. The molecule has 0 radical (unpaired) electrons. The molecule has 3 aromatic rings. The Labute approximate surface area is 161 Å². The zero-order valence-electron chi connectivity index (χ0n) is 14.6. The maximum Gasteiger partial charge on any atom is 0.267 e. The van der Waals surface area contributed by atoms with Crippen LogP contribution in [0.2, 0.25) is 0 Å². The highest BCUT2D eigenvalue weighted by Gasteiger charge is 2.13. The molecule has 0 bridgehead atoms. The van der Waals surface area contributed by atoms with E-state index in [1.54, 1.807) is 18.6 Å². The van der Waals surface area contributed by atoms with Crippen molar-refractivity contribution in [3.8, 4) is 0 Å². The van der Waals surface area contributed by atoms with Crippen molar-refractivity contribution in [3.05, 3.63) is 59.9 Å². The number of carbonyl (C=O) groups is 1. The van der Waals surface area contributed by atoms with Crippen LogP contribution >= 0.6 is 11.3 Å². The molecule has 2 N–H and O–H groups in total. The summed E-state index contributed by atoms with van der Waals surface area (Å²) in [5.74, 6) is -0.172. The van der Waals surface area contributed by atoms with Gasteiger partial charge < -0.3 is 20.3 Å². The number of anilines is 4. The van der Waals surface area contributed by atoms with E-state index in [2.05, 4.69) is 25.5 Å². The summed E-state index contributed by atoms with van der Waals surface area (Å²) in [7, 11) is 0. The lowest BCUT2D eigenvalue weighted by Gasteiger charge is -2.28. The monoisotopic (exact) mass is 381 g/mol. The van der Waals surface area contributed by atoms with Gasteiger partial charge in [-0.2, -0.15) is 0 Å². The van der Waals surface area contributed by atoms with Crippen molar-refractivity contribution in [2.24, 2.45) is 0 Å². The number of nitrogens with zero attached hydrogens (tertiary/aromatic N) is 3. The number of aromatic nitrogens is 2. The molecule has 1 saturated heterocycles. The molecule has 1 aromatic carbocycles. The first kappa shape index (κ1) is 17.4. The smallest absolute Gasteiger partial charge is 0.267 e. The van der Waals surface area contributed by atoms with E-state index in [9.17, 15) is 4.79 Å². The first-order chi connectivity index (χ1) is 13.3. The minimum absolute atomic E-state index is 0.172. The van der Waals surface area contributed by atoms with Crippen LogP contribution in [-0.4, -0.2) is 42.2 Å². The van der Waals surface area contributed by atoms with Crippen LogP contribution in [0.25, 0.3) is 0 Å². The van der Waals surface area contributed by atoms with Gasteiger partial charge in [0, 0.05) is 42.5 Å². The van der Waals surface area contributed by atoms with E-state index in [0.29, 0.717) is 10.0 Å². The highest BCUT2D eigenvalue weighted by Crippen LogP contribution is 2.24. The third-order valence-corrected chi connectivity index (χ3v) is 5.07. The van der Waals surface area contributed by atoms with Gasteiger partial charge in [-0.25, -0.2) is 4.98 Å². The molecule has 7 nitrogen and oxygen atoms in total. The van der Waals surface area contributed by atoms with Crippen molar-refractivity contribution in [1.82, 2.24) is 9.97 Å². The minimum atomic E-state index is -0.172. The zero-order chi connectivity index (χ0) is 18.5. The Bertz CT molecular complexity index is 892. The molecule has 1 aliphatic rings. The second-order valence-electron chi connectivity index (χ2n) is 5.99. The third kappa shape index (κ3) is 4.42. The molecule has 2 aromatic heterocycles. The van der Waals surface area contributed by atoms with E-state index in [-0.39, 0.29) is 5.91 Å². The van der Waals surface area contributed by atoms with Crippen molar-refractivity contribution in [2.45, 2.75) is 0 Å². The molecule has 0 atom stereocenters. The van der Waals surface area contributed by atoms with Crippen molar-refractivity contribution in [2.75, 3.05) is 41.8 Å². The maximum atomic E-state index is 12.5. The van der Waals surface area contributed by atoms with Gasteiger partial charge in [0.1, 0.15) is 4.88 Å². The molecule has 3 heterocycles. The average molecular weight is 381 g/mol. The number of benzene rings is 1. The lowest BCUT2D eigenvalue weighted by molar-refractivity contribution is 0.103. The molecule has 27 heavy (non-hydrogen) atoms. The second-order valence-corrected chi connectivity index (χ2v) is 7.02. The Morgan fingerprint density at radius 2 is 1.78 bits per heavy atom. The number of hydrogen-bond donors (Lipinski definition) is 2. The summed E-state index contributed by atoms with van der Waals surface area (Å²) >= 11 is 1.30. The molecule has 1 aliphatic heterocycles. The molecule has 0 aliphatic carbocycles. The number of pyridine rings is 1. The van der Waals surface area contributed by atoms with Gasteiger partial charge in [0.05, 0.1) is 19.4 Å². The van der Waals surface area contributed by atoms with E-state index in [0.717, 1.165) is 43.4 Å². The van der Waals surface area contributed by atoms with Crippen molar-refractivity contribution in [3.63, 3.8) is 0 Å². The second kappa shape index (κ2) is 8.15. The fourth-order valence-electron chi connectivity index (χ4n) is 2.77. The van der Waals surface area contributed by atoms with Gasteiger partial charge in [0.15, 0.2) is 5.13 Å². The number of amides is 1. The first-order valence-electron chi connectivity index (χ1n) is 8.65. The zero-order valence-corrected chi connectivity index (χ0v) is 15.4. The van der Waals surface area contributed by atoms with Crippen LogP contribution < -0.4 is 15.5 Å². The summed E-state index contributed by atoms with van der Waals surface area (Å²) in [5, 5.41) is 6.74. The molecule has 8 heteroatoms. The average Bonchev–Trinajstić information content (AvgIpc) is 3.19. The van der Waals surface area contributed by atoms with Crippen LogP contribution in [0.4, 0.5) is 22.2 Å². The topological polar surface area (TPSA) is 79.4 Å². The standard InChI is InChI=1S/C19H19N5O2S/c25-18(17-13-21-19(27-17)23-15-5-7-20-8-6-15)22-14-1-3-16(4-2-14)24-9-11-26-12-10-24/h1-8,13H,9-12H2,(H,22,25)(H,20,21,23). The molecule has 0 unspecified atom stereocenters. The third-order valence-electron chi connectivity index (χ3n) is 4.16. The fraction of sp³-hybridized carbons (Fsp3) is 0.211. The van der Waals surface area contributed by atoms with Crippen LogP contribution in [0.15, 0.2) is 55.0 Å². The summed E-state index contributed by atoms with van der Waals surface area (Å²) in [6.07, 6.45) is 4.97. The molecule has 138 valence electrons. The van der Waals surface area contributed by atoms with Gasteiger partial charge >= 0.3 is 0 Å². The maximum absolute atomic E-state index is 12.5. The van der Waals surface area contributed by atoms with E-state index in [4.69, 9.17) is 4.74 Å². The fourth-order valence-corrected chi connectivity index (χ4v) is 3.50. The largest absolute Gasteiger partial charge is 0.378 e.